The first-order valence-electron chi connectivity index (χ1n) is 16.6. The van der Waals surface area contributed by atoms with Crippen LogP contribution in [0.2, 0.25) is 0 Å². The minimum absolute atomic E-state index is 0.393. The Morgan fingerprint density at radius 1 is 0.490 bits per heavy atom. The number of furan rings is 1. The Morgan fingerprint density at radius 3 is 2.04 bits per heavy atom. The van der Waals surface area contributed by atoms with Gasteiger partial charge in [-0.3, -0.25) is 0 Å². The maximum absolute atomic E-state index is 6.45. The second-order valence-electron chi connectivity index (χ2n) is 12.6. The van der Waals surface area contributed by atoms with Gasteiger partial charge in [0, 0.05) is 27.5 Å². The number of aliphatic imine (C=N–C) groups is 2. The molecule has 0 spiro atoms. The van der Waals surface area contributed by atoms with Gasteiger partial charge in [0.1, 0.15) is 23.2 Å². The molecule has 0 fully saturated rings. The summed E-state index contributed by atoms with van der Waals surface area (Å²) in [4.78, 5) is 10.9. The van der Waals surface area contributed by atoms with Crippen molar-refractivity contribution in [2.75, 3.05) is 0 Å². The standard InChI is InChI=1S/C45H29N3O/c1-2-13-29(14-3-1)43-46-44(38-27-31-16-6-7-17-33(31)35-18-8-9-19-36(35)38)48-45(47-43)42-34(32-23-22-28-12-4-5-15-30(28)26-32)24-25-40-41(42)37-20-10-11-21-39(37)49-40/h1-27,44H,(H,46,47,48). The van der Waals surface area contributed by atoms with Gasteiger partial charge in [0.25, 0.3) is 0 Å². The Labute approximate surface area is 282 Å². The van der Waals surface area contributed by atoms with Gasteiger partial charge in [-0.2, -0.15) is 0 Å². The highest BCUT2D eigenvalue weighted by Gasteiger charge is 2.27. The molecular formula is C45H29N3O. The van der Waals surface area contributed by atoms with Gasteiger partial charge in [-0.25, -0.2) is 9.98 Å². The predicted molar refractivity (Wildman–Crippen MR) is 204 cm³/mol. The molecule has 1 aliphatic rings. The molecule has 1 aromatic heterocycles. The molecule has 9 aromatic rings. The summed E-state index contributed by atoms with van der Waals surface area (Å²) >= 11 is 0. The average Bonchev–Trinajstić information content (AvgIpc) is 3.56. The molecule has 2 heterocycles. The molecule has 10 rings (SSSR count). The number of rotatable bonds is 4. The zero-order chi connectivity index (χ0) is 32.3. The van der Waals surface area contributed by atoms with E-state index in [4.69, 9.17) is 14.4 Å². The van der Waals surface area contributed by atoms with Gasteiger partial charge in [0.2, 0.25) is 0 Å². The molecule has 1 N–H and O–H groups in total. The van der Waals surface area contributed by atoms with Crippen molar-refractivity contribution in [2.24, 2.45) is 9.98 Å². The van der Waals surface area contributed by atoms with Crippen LogP contribution in [0, 0.1) is 0 Å². The monoisotopic (exact) mass is 627 g/mol. The zero-order valence-corrected chi connectivity index (χ0v) is 26.5. The highest BCUT2D eigenvalue weighted by Crippen LogP contribution is 2.40. The second kappa shape index (κ2) is 11.0. The minimum atomic E-state index is -0.393. The van der Waals surface area contributed by atoms with Crippen molar-refractivity contribution in [3.63, 3.8) is 0 Å². The molecule has 1 unspecified atom stereocenters. The van der Waals surface area contributed by atoms with Gasteiger partial charge < -0.3 is 9.73 Å². The lowest BCUT2D eigenvalue weighted by Crippen LogP contribution is -2.33. The summed E-state index contributed by atoms with van der Waals surface area (Å²) < 4.78 is 6.45. The quantitative estimate of drug-likeness (QED) is 0.197. The molecule has 0 saturated heterocycles. The average molecular weight is 628 g/mol. The Kier molecular flexibility index (Phi) is 6.21. The number of nitrogens with zero attached hydrogens (tertiary/aromatic N) is 2. The second-order valence-corrected chi connectivity index (χ2v) is 12.6. The van der Waals surface area contributed by atoms with Crippen molar-refractivity contribution in [1.29, 1.82) is 0 Å². The third-order valence-corrected chi connectivity index (χ3v) is 9.71. The molecule has 1 aliphatic heterocycles. The maximum atomic E-state index is 6.45. The van der Waals surface area contributed by atoms with Crippen molar-refractivity contribution in [3.8, 4) is 11.1 Å². The van der Waals surface area contributed by atoms with Crippen LogP contribution in [0.15, 0.2) is 178 Å². The van der Waals surface area contributed by atoms with Gasteiger partial charge in [-0.1, -0.05) is 133 Å². The van der Waals surface area contributed by atoms with Gasteiger partial charge in [0.15, 0.2) is 5.84 Å². The number of amidine groups is 2. The van der Waals surface area contributed by atoms with Crippen LogP contribution in [0.25, 0.3) is 65.4 Å². The molecule has 4 heteroatoms. The molecule has 0 saturated carbocycles. The minimum Gasteiger partial charge on any atom is -0.456 e. The molecule has 8 aromatic carbocycles. The fourth-order valence-corrected chi connectivity index (χ4v) is 7.42. The molecule has 0 amide bonds. The number of fused-ring (bicyclic) bond motifs is 7. The lowest BCUT2D eigenvalue weighted by atomic mass is 9.92. The fraction of sp³-hybridized carbons (Fsp3) is 0.0222. The Balaban J connectivity index is 1.29. The number of hydrogen-bond acceptors (Lipinski definition) is 4. The van der Waals surface area contributed by atoms with Crippen LogP contribution in [-0.4, -0.2) is 11.7 Å². The van der Waals surface area contributed by atoms with Crippen molar-refractivity contribution in [2.45, 2.75) is 6.17 Å². The molecule has 230 valence electrons. The van der Waals surface area contributed by atoms with E-state index < -0.39 is 6.17 Å². The largest absolute Gasteiger partial charge is 0.456 e. The van der Waals surface area contributed by atoms with Crippen LogP contribution < -0.4 is 5.32 Å². The lowest BCUT2D eigenvalue weighted by Gasteiger charge is -2.26. The highest BCUT2D eigenvalue weighted by atomic mass is 16.3. The van der Waals surface area contributed by atoms with E-state index in [0.29, 0.717) is 5.84 Å². The normalized spacial score (nSPS) is 14.7. The molecule has 49 heavy (non-hydrogen) atoms. The summed E-state index contributed by atoms with van der Waals surface area (Å²) in [5.41, 5.74) is 6.88. The van der Waals surface area contributed by atoms with Crippen LogP contribution in [0.5, 0.6) is 0 Å². The topological polar surface area (TPSA) is 49.9 Å². The van der Waals surface area contributed by atoms with Gasteiger partial charge in [-0.15, -0.1) is 0 Å². The van der Waals surface area contributed by atoms with E-state index in [-0.39, 0.29) is 0 Å². The van der Waals surface area contributed by atoms with E-state index in [1.165, 1.54) is 26.9 Å². The maximum Gasteiger partial charge on any atom is 0.160 e. The summed E-state index contributed by atoms with van der Waals surface area (Å²) in [6.45, 7) is 0. The molecule has 1 atom stereocenters. The summed E-state index contributed by atoms with van der Waals surface area (Å²) in [5, 5.41) is 13.0. The number of nitrogens with one attached hydrogen (secondary N) is 1. The Morgan fingerprint density at radius 2 is 1.18 bits per heavy atom. The van der Waals surface area contributed by atoms with Crippen molar-refractivity contribution in [3.05, 3.63) is 180 Å². The summed E-state index contributed by atoms with van der Waals surface area (Å²) in [6, 6.07) is 57.5. The van der Waals surface area contributed by atoms with E-state index in [1.54, 1.807) is 0 Å². The fourth-order valence-electron chi connectivity index (χ4n) is 7.42. The van der Waals surface area contributed by atoms with Crippen molar-refractivity contribution in [1.82, 2.24) is 5.32 Å². The SMILES string of the molecule is c1ccc(C2=NC(c3c(-c4ccc5ccccc5c4)ccc4oc5ccccc5c34)=NC(c3cc4ccccc4c4ccccc34)N2)cc1. The van der Waals surface area contributed by atoms with E-state index in [0.717, 1.165) is 61.0 Å². The first kappa shape index (κ1) is 27.6. The molecular weight excluding hydrogens is 599 g/mol. The third kappa shape index (κ3) is 4.53. The number of para-hydroxylation sites is 1. The van der Waals surface area contributed by atoms with Crippen LogP contribution >= 0.6 is 0 Å². The van der Waals surface area contributed by atoms with Gasteiger partial charge in [-0.05, 0) is 73.8 Å². The smallest absolute Gasteiger partial charge is 0.160 e. The summed E-state index contributed by atoms with van der Waals surface area (Å²) in [5.74, 6) is 1.45. The van der Waals surface area contributed by atoms with Crippen LogP contribution in [0.1, 0.15) is 22.9 Å². The molecule has 0 radical (unpaired) electrons. The van der Waals surface area contributed by atoms with Gasteiger partial charge >= 0.3 is 0 Å². The lowest BCUT2D eigenvalue weighted by molar-refractivity contribution is 0.668. The van der Waals surface area contributed by atoms with E-state index in [1.807, 2.05) is 18.2 Å². The van der Waals surface area contributed by atoms with E-state index in [2.05, 4.69) is 151 Å². The molecule has 0 aliphatic carbocycles. The van der Waals surface area contributed by atoms with Crippen LogP contribution in [-0.2, 0) is 0 Å². The Hall–Kier alpha value is -6.52. The van der Waals surface area contributed by atoms with E-state index >= 15 is 0 Å². The third-order valence-electron chi connectivity index (χ3n) is 9.71. The molecule has 0 bridgehead atoms. The zero-order valence-electron chi connectivity index (χ0n) is 26.5. The van der Waals surface area contributed by atoms with Crippen LogP contribution in [0.3, 0.4) is 0 Å². The van der Waals surface area contributed by atoms with Crippen molar-refractivity contribution >= 4 is 65.9 Å². The number of hydrogen-bond donors (Lipinski definition) is 1. The van der Waals surface area contributed by atoms with E-state index in [9.17, 15) is 0 Å². The summed E-state index contributed by atoms with van der Waals surface area (Å²) in [6.07, 6.45) is -0.393. The highest BCUT2D eigenvalue weighted by molar-refractivity contribution is 6.25. The first-order valence-corrected chi connectivity index (χ1v) is 16.6. The number of benzene rings is 8. The molecule has 4 nitrogen and oxygen atoms in total. The van der Waals surface area contributed by atoms with Crippen molar-refractivity contribution < 1.29 is 4.42 Å². The first-order chi connectivity index (χ1) is 24.3. The predicted octanol–water partition coefficient (Wildman–Crippen LogP) is 11.2. The van der Waals surface area contributed by atoms with Crippen LogP contribution in [0.4, 0.5) is 0 Å². The van der Waals surface area contributed by atoms with Gasteiger partial charge in [0.05, 0.1) is 0 Å². The summed E-state index contributed by atoms with van der Waals surface area (Å²) in [7, 11) is 0. The Bertz CT molecular complexity index is 2810.